The topological polar surface area (TPSA) is 45.2 Å². The van der Waals surface area contributed by atoms with E-state index in [1.54, 1.807) is 12.4 Å². The van der Waals surface area contributed by atoms with Crippen molar-refractivity contribution in [3.63, 3.8) is 0 Å². The monoisotopic (exact) mass is 289 g/mol. The third-order valence-corrected chi connectivity index (χ3v) is 4.49. The van der Waals surface area contributed by atoms with Gasteiger partial charge in [0.15, 0.2) is 0 Å². The predicted molar refractivity (Wildman–Crippen MR) is 85.0 cm³/mol. The zero-order valence-electron chi connectivity index (χ0n) is 13.3. The van der Waals surface area contributed by atoms with Gasteiger partial charge in [-0.2, -0.15) is 0 Å². The van der Waals surface area contributed by atoms with Crippen LogP contribution in [0.3, 0.4) is 0 Å². The van der Waals surface area contributed by atoms with Gasteiger partial charge in [0.25, 0.3) is 0 Å². The van der Waals surface area contributed by atoms with E-state index in [-0.39, 0.29) is 5.41 Å². The van der Waals surface area contributed by atoms with Crippen molar-refractivity contribution >= 4 is 5.91 Å². The smallest absolute Gasteiger partial charge is 0.229 e. The fourth-order valence-corrected chi connectivity index (χ4v) is 3.30. The van der Waals surface area contributed by atoms with E-state index in [2.05, 4.69) is 17.2 Å². The Morgan fingerprint density at radius 1 is 1.43 bits per heavy atom. The van der Waals surface area contributed by atoms with Crippen LogP contribution < -0.4 is 5.32 Å². The van der Waals surface area contributed by atoms with Crippen LogP contribution in [0.15, 0.2) is 24.5 Å². The van der Waals surface area contributed by atoms with Crippen LogP contribution in [0.1, 0.15) is 38.2 Å². The molecule has 1 saturated heterocycles. The van der Waals surface area contributed by atoms with Crippen LogP contribution in [-0.4, -0.2) is 42.5 Å². The third kappa shape index (κ3) is 4.03. The highest BCUT2D eigenvalue weighted by atomic mass is 16.2. The number of likely N-dealkylation sites (N-methyl/N-ethyl adjacent to an activating group) is 1. The third-order valence-electron chi connectivity index (χ3n) is 4.49. The van der Waals surface area contributed by atoms with E-state index >= 15 is 0 Å². The van der Waals surface area contributed by atoms with Gasteiger partial charge in [-0.1, -0.05) is 13.3 Å². The minimum atomic E-state index is -0.181. The van der Waals surface area contributed by atoms with Crippen molar-refractivity contribution < 1.29 is 4.79 Å². The Bertz CT molecular complexity index is 435. The second-order valence-electron chi connectivity index (χ2n) is 6.14. The molecule has 0 aromatic carbocycles. The highest BCUT2D eigenvalue weighted by molar-refractivity contribution is 5.83. The molecule has 1 atom stereocenters. The summed E-state index contributed by atoms with van der Waals surface area (Å²) in [5, 5.41) is 3.41. The van der Waals surface area contributed by atoms with E-state index in [1.807, 2.05) is 24.1 Å². The number of carbonyl (C=O) groups excluding carboxylic acids is 1. The summed E-state index contributed by atoms with van der Waals surface area (Å²) in [4.78, 5) is 18.9. The number of hydrogen-bond donors (Lipinski definition) is 1. The van der Waals surface area contributed by atoms with Gasteiger partial charge in [0.05, 0.1) is 5.41 Å². The number of rotatable bonds is 6. The fourth-order valence-electron chi connectivity index (χ4n) is 3.30. The lowest BCUT2D eigenvalue weighted by Gasteiger charge is -2.39. The zero-order valence-corrected chi connectivity index (χ0v) is 13.3. The first-order chi connectivity index (χ1) is 10.2. The average molecular weight is 289 g/mol. The molecule has 0 bridgehead atoms. The van der Waals surface area contributed by atoms with Gasteiger partial charge in [-0.05, 0) is 49.9 Å². The number of pyridine rings is 1. The maximum atomic E-state index is 12.9. The van der Waals surface area contributed by atoms with Crippen LogP contribution in [0, 0.1) is 5.41 Å². The van der Waals surface area contributed by atoms with Crippen molar-refractivity contribution in [2.24, 2.45) is 5.41 Å². The molecule has 0 spiro atoms. The van der Waals surface area contributed by atoms with Gasteiger partial charge in [-0.25, -0.2) is 0 Å². The van der Waals surface area contributed by atoms with Gasteiger partial charge in [-0.3, -0.25) is 9.78 Å². The maximum Gasteiger partial charge on any atom is 0.229 e. The van der Waals surface area contributed by atoms with Gasteiger partial charge in [0, 0.05) is 32.5 Å². The highest BCUT2D eigenvalue weighted by Gasteiger charge is 2.40. The number of piperidine rings is 1. The van der Waals surface area contributed by atoms with Crippen molar-refractivity contribution in [2.75, 3.05) is 26.7 Å². The van der Waals surface area contributed by atoms with E-state index in [1.165, 1.54) is 5.56 Å². The summed E-state index contributed by atoms with van der Waals surface area (Å²) in [5.41, 5.74) is 1.05. The molecule has 1 N–H and O–H groups in total. The summed E-state index contributed by atoms with van der Waals surface area (Å²) >= 11 is 0. The van der Waals surface area contributed by atoms with Crippen molar-refractivity contribution in [2.45, 2.75) is 39.0 Å². The molecular formula is C17H27N3O. The molecule has 1 fully saturated rings. The molecule has 4 nitrogen and oxygen atoms in total. The minimum absolute atomic E-state index is 0.181. The second kappa shape index (κ2) is 7.55. The molecule has 1 aromatic rings. The highest BCUT2D eigenvalue weighted by Crippen LogP contribution is 2.33. The molecule has 1 aliphatic rings. The molecule has 1 aliphatic heterocycles. The molecule has 0 saturated carbocycles. The summed E-state index contributed by atoms with van der Waals surface area (Å²) in [6, 6.07) is 4.03. The van der Waals surface area contributed by atoms with Crippen LogP contribution in [0.25, 0.3) is 0 Å². The van der Waals surface area contributed by atoms with E-state index in [4.69, 9.17) is 0 Å². The van der Waals surface area contributed by atoms with Crippen LogP contribution in [0.2, 0.25) is 0 Å². The lowest BCUT2D eigenvalue weighted by atomic mass is 9.75. The second-order valence-corrected chi connectivity index (χ2v) is 6.14. The molecule has 0 aliphatic carbocycles. The summed E-state index contributed by atoms with van der Waals surface area (Å²) in [6.07, 6.45) is 8.67. The lowest BCUT2D eigenvalue weighted by Crippen LogP contribution is -2.51. The Morgan fingerprint density at radius 2 is 2.19 bits per heavy atom. The number of hydrogen-bond acceptors (Lipinski definition) is 3. The van der Waals surface area contributed by atoms with E-state index in [0.717, 1.165) is 51.7 Å². The Morgan fingerprint density at radius 3 is 2.81 bits per heavy atom. The molecule has 2 rings (SSSR count). The van der Waals surface area contributed by atoms with E-state index < -0.39 is 0 Å². The molecule has 1 amide bonds. The largest absolute Gasteiger partial charge is 0.345 e. The van der Waals surface area contributed by atoms with E-state index in [0.29, 0.717) is 5.91 Å². The normalized spacial score (nSPS) is 22.0. The number of aromatic nitrogens is 1. The first kappa shape index (κ1) is 16.0. The molecule has 2 heterocycles. The fraction of sp³-hybridized carbons (Fsp3) is 0.647. The molecular weight excluding hydrogens is 262 g/mol. The maximum absolute atomic E-state index is 12.9. The van der Waals surface area contributed by atoms with Crippen LogP contribution >= 0.6 is 0 Å². The Labute approximate surface area is 127 Å². The van der Waals surface area contributed by atoms with Crippen molar-refractivity contribution in [1.29, 1.82) is 0 Å². The number of nitrogens with one attached hydrogen (secondary N) is 1. The summed E-state index contributed by atoms with van der Waals surface area (Å²) in [6.45, 7) is 4.81. The van der Waals surface area contributed by atoms with Gasteiger partial charge in [-0.15, -0.1) is 0 Å². The summed E-state index contributed by atoms with van der Waals surface area (Å²) in [7, 11) is 1.94. The summed E-state index contributed by atoms with van der Waals surface area (Å²) in [5.74, 6) is 0.311. The number of carbonyl (C=O) groups is 1. The molecule has 1 unspecified atom stereocenters. The Kier molecular flexibility index (Phi) is 5.74. The Balaban J connectivity index is 1.96. The first-order valence-electron chi connectivity index (χ1n) is 8.03. The van der Waals surface area contributed by atoms with Crippen LogP contribution in [0.5, 0.6) is 0 Å². The number of amides is 1. The lowest BCUT2D eigenvalue weighted by molar-refractivity contribution is -0.142. The van der Waals surface area contributed by atoms with Gasteiger partial charge < -0.3 is 10.2 Å². The quantitative estimate of drug-likeness (QED) is 0.873. The summed E-state index contributed by atoms with van der Waals surface area (Å²) < 4.78 is 0. The first-order valence-corrected chi connectivity index (χ1v) is 8.03. The standard InChI is InChI=1S/C17H27N3O/c1-3-8-17(9-4-10-19-14-17)16(21)20(2)13-7-15-5-11-18-12-6-15/h5-6,11-12,19H,3-4,7-10,13-14H2,1-2H3. The van der Waals surface area contributed by atoms with Gasteiger partial charge in [0.1, 0.15) is 0 Å². The minimum Gasteiger partial charge on any atom is -0.345 e. The van der Waals surface area contributed by atoms with E-state index in [9.17, 15) is 4.79 Å². The molecule has 1 aromatic heterocycles. The molecule has 116 valence electrons. The molecule has 4 heteroatoms. The van der Waals surface area contributed by atoms with Crippen LogP contribution in [-0.2, 0) is 11.2 Å². The van der Waals surface area contributed by atoms with Crippen molar-refractivity contribution in [3.05, 3.63) is 30.1 Å². The zero-order chi connectivity index (χ0) is 15.1. The average Bonchev–Trinajstić information content (AvgIpc) is 2.54. The van der Waals surface area contributed by atoms with Crippen molar-refractivity contribution in [3.8, 4) is 0 Å². The van der Waals surface area contributed by atoms with Crippen LogP contribution in [0.4, 0.5) is 0 Å². The van der Waals surface area contributed by atoms with Crippen molar-refractivity contribution in [1.82, 2.24) is 15.2 Å². The van der Waals surface area contributed by atoms with Gasteiger partial charge in [0.2, 0.25) is 5.91 Å². The van der Waals surface area contributed by atoms with Gasteiger partial charge >= 0.3 is 0 Å². The molecule has 21 heavy (non-hydrogen) atoms. The Hall–Kier alpha value is -1.42. The SMILES string of the molecule is CCCC1(C(=O)N(C)CCc2ccncc2)CCCNC1. The number of nitrogens with zero attached hydrogens (tertiary/aromatic N) is 2. The predicted octanol–water partition coefficient (Wildman–Crippen LogP) is 2.25. The molecule has 0 radical (unpaired) electrons.